The number of benzene rings is 3. The molecule has 2 amide bonds. The number of carbonyl (C=O) groups is 2. The molecule has 3 aromatic carbocycles. The largest absolute Gasteiger partial charge is 0.459 e. The van der Waals surface area contributed by atoms with E-state index in [4.69, 9.17) is 4.42 Å². The van der Waals surface area contributed by atoms with E-state index in [0.29, 0.717) is 13.0 Å². The second kappa shape index (κ2) is 7.52. The van der Waals surface area contributed by atoms with Crippen molar-refractivity contribution in [1.29, 1.82) is 0 Å². The van der Waals surface area contributed by atoms with Crippen LogP contribution in [0.4, 0.5) is 5.69 Å². The molecule has 0 radical (unpaired) electrons. The maximum absolute atomic E-state index is 13.4. The minimum absolute atomic E-state index is 0.208. The molecule has 5 rings (SSSR count). The van der Waals surface area contributed by atoms with Gasteiger partial charge in [0.05, 0.1) is 6.26 Å². The van der Waals surface area contributed by atoms with Gasteiger partial charge in [-0.15, -0.1) is 0 Å². The van der Waals surface area contributed by atoms with Crippen LogP contribution >= 0.6 is 0 Å². The number of rotatable bonds is 3. The molecule has 148 valence electrons. The van der Waals surface area contributed by atoms with Gasteiger partial charge in [-0.05, 0) is 34.7 Å². The SMILES string of the molecule is O=C(Nc1cccc2ccccc12)[C@@H]1Cc2ccccc2CN1C(=O)c1ccco1. The van der Waals surface area contributed by atoms with Gasteiger partial charge >= 0.3 is 0 Å². The molecule has 5 nitrogen and oxygen atoms in total. The van der Waals surface area contributed by atoms with Crippen LogP contribution in [0, 0.1) is 0 Å². The minimum Gasteiger partial charge on any atom is -0.459 e. The summed E-state index contributed by atoms with van der Waals surface area (Å²) in [5.74, 6) is -0.259. The van der Waals surface area contributed by atoms with Gasteiger partial charge in [-0.25, -0.2) is 0 Å². The van der Waals surface area contributed by atoms with E-state index in [1.165, 1.54) is 6.26 Å². The van der Waals surface area contributed by atoms with Crippen molar-refractivity contribution in [1.82, 2.24) is 4.90 Å². The monoisotopic (exact) mass is 396 g/mol. The second-order valence-electron chi connectivity index (χ2n) is 7.41. The molecule has 30 heavy (non-hydrogen) atoms. The standard InChI is InChI=1S/C25H20N2O3/c28-24(26-21-12-5-10-17-7-3-4-11-20(17)21)22-15-18-8-1-2-9-19(18)16-27(22)25(29)23-13-6-14-30-23/h1-14,22H,15-16H2,(H,26,28)/t22-/m0/s1. The summed E-state index contributed by atoms with van der Waals surface area (Å²) in [4.78, 5) is 28.1. The molecule has 4 aromatic rings. The summed E-state index contributed by atoms with van der Waals surface area (Å²) in [6.45, 7) is 0.364. The van der Waals surface area contributed by atoms with Gasteiger partial charge in [-0.1, -0.05) is 60.7 Å². The maximum atomic E-state index is 13.4. The van der Waals surface area contributed by atoms with Crippen LogP contribution in [-0.2, 0) is 17.8 Å². The molecule has 0 aliphatic carbocycles. The first kappa shape index (κ1) is 18.2. The first-order valence-corrected chi connectivity index (χ1v) is 9.90. The van der Waals surface area contributed by atoms with E-state index in [1.807, 2.05) is 66.7 Å². The Hall–Kier alpha value is -3.86. The van der Waals surface area contributed by atoms with Gasteiger partial charge in [-0.2, -0.15) is 0 Å². The highest BCUT2D eigenvalue weighted by Gasteiger charge is 2.36. The fourth-order valence-electron chi connectivity index (χ4n) is 4.06. The smallest absolute Gasteiger partial charge is 0.290 e. The summed E-state index contributed by atoms with van der Waals surface area (Å²) < 4.78 is 5.32. The Kier molecular flexibility index (Phi) is 4.56. The summed E-state index contributed by atoms with van der Waals surface area (Å²) in [5.41, 5.74) is 2.87. The number of furan rings is 1. The quantitative estimate of drug-likeness (QED) is 0.549. The van der Waals surface area contributed by atoms with Crippen molar-refractivity contribution < 1.29 is 14.0 Å². The van der Waals surface area contributed by atoms with Gasteiger partial charge < -0.3 is 14.6 Å². The van der Waals surface area contributed by atoms with Gasteiger partial charge in [0.1, 0.15) is 6.04 Å². The Labute approximate surface area is 173 Å². The molecule has 0 fully saturated rings. The molecule has 0 saturated heterocycles. The topological polar surface area (TPSA) is 62.6 Å². The molecule has 1 atom stereocenters. The molecule has 0 spiro atoms. The zero-order chi connectivity index (χ0) is 20.5. The lowest BCUT2D eigenvalue weighted by Crippen LogP contribution is -2.50. The number of nitrogens with zero attached hydrogens (tertiary/aromatic N) is 1. The Morgan fingerprint density at radius 3 is 2.47 bits per heavy atom. The molecule has 1 N–H and O–H groups in total. The number of hydrogen-bond donors (Lipinski definition) is 1. The highest BCUT2D eigenvalue weighted by atomic mass is 16.3. The number of anilines is 1. The van der Waals surface area contributed by atoms with Crippen LogP contribution in [0.1, 0.15) is 21.7 Å². The first-order valence-electron chi connectivity index (χ1n) is 9.90. The Morgan fingerprint density at radius 1 is 0.867 bits per heavy atom. The Balaban J connectivity index is 1.49. The van der Waals surface area contributed by atoms with Crippen LogP contribution in [0.15, 0.2) is 89.5 Å². The van der Waals surface area contributed by atoms with Gasteiger partial charge in [0.2, 0.25) is 5.91 Å². The zero-order valence-electron chi connectivity index (χ0n) is 16.2. The molecule has 2 heterocycles. The van der Waals surface area contributed by atoms with E-state index in [1.54, 1.807) is 17.0 Å². The molecule has 5 heteroatoms. The molecule has 0 bridgehead atoms. The lowest BCUT2D eigenvalue weighted by Gasteiger charge is -2.35. The van der Waals surface area contributed by atoms with E-state index in [9.17, 15) is 9.59 Å². The third-order valence-electron chi connectivity index (χ3n) is 5.59. The van der Waals surface area contributed by atoms with E-state index >= 15 is 0 Å². The third kappa shape index (κ3) is 3.24. The second-order valence-corrected chi connectivity index (χ2v) is 7.41. The summed E-state index contributed by atoms with van der Waals surface area (Å²) in [7, 11) is 0. The number of nitrogens with one attached hydrogen (secondary N) is 1. The van der Waals surface area contributed by atoms with Gasteiger partial charge in [0.25, 0.3) is 5.91 Å². The number of fused-ring (bicyclic) bond motifs is 2. The molecule has 0 saturated carbocycles. The van der Waals surface area contributed by atoms with Crippen LogP contribution in [0.3, 0.4) is 0 Å². The molecular formula is C25H20N2O3. The molecule has 1 aliphatic heterocycles. The minimum atomic E-state index is -0.628. The normalized spacial score (nSPS) is 15.6. The predicted octanol–water partition coefficient (Wildman–Crippen LogP) is 4.64. The Morgan fingerprint density at radius 2 is 1.63 bits per heavy atom. The lowest BCUT2D eigenvalue weighted by atomic mass is 9.93. The van der Waals surface area contributed by atoms with Crippen molar-refractivity contribution in [2.24, 2.45) is 0 Å². The number of carbonyl (C=O) groups excluding carboxylic acids is 2. The highest BCUT2D eigenvalue weighted by Crippen LogP contribution is 2.28. The van der Waals surface area contributed by atoms with Gasteiger partial charge in [-0.3, -0.25) is 9.59 Å². The molecule has 1 aliphatic rings. The fourth-order valence-corrected chi connectivity index (χ4v) is 4.06. The zero-order valence-corrected chi connectivity index (χ0v) is 16.2. The Bertz CT molecular complexity index is 1220. The summed E-state index contributed by atoms with van der Waals surface area (Å²) >= 11 is 0. The molecular weight excluding hydrogens is 376 g/mol. The van der Waals surface area contributed by atoms with Crippen molar-refractivity contribution in [3.8, 4) is 0 Å². The van der Waals surface area contributed by atoms with Crippen molar-refractivity contribution in [3.63, 3.8) is 0 Å². The summed E-state index contributed by atoms with van der Waals surface area (Å²) in [5, 5.41) is 5.07. The number of hydrogen-bond acceptors (Lipinski definition) is 3. The average Bonchev–Trinajstić information content (AvgIpc) is 3.33. The van der Waals surface area contributed by atoms with Gasteiger partial charge in [0.15, 0.2) is 5.76 Å². The van der Waals surface area contributed by atoms with Crippen LogP contribution < -0.4 is 5.32 Å². The molecule has 0 unspecified atom stereocenters. The summed E-state index contributed by atoms with van der Waals surface area (Å²) in [6, 6.07) is 24.3. The summed E-state index contributed by atoms with van der Waals surface area (Å²) in [6.07, 6.45) is 1.93. The third-order valence-corrected chi connectivity index (χ3v) is 5.59. The van der Waals surface area contributed by atoms with Crippen LogP contribution in [-0.4, -0.2) is 22.8 Å². The predicted molar refractivity (Wildman–Crippen MR) is 115 cm³/mol. The number of amides is 2. The van der Waals surface area contributed by atoms with Crippen molar-refractivity contribution >= 4 is 28.3 Å². The van der Waals surface area contributed by atoms with Crippen LogP contribution in [0.5, 0.6) is 0 Å². The van der Waals surface area contributed by atoms with Crippen molar-refractivity contribution in [2.75, 3.05) is 5.32 Å². The fraction of sp³-hybridized carbons (Fsp3) is 0.120. The van der Waals surface area contributed by atoms with E-state index in [2.05, 4.69) is 5.32 Å². The van der Waals surface area contributed by atoms with E-state index < -0.39 is 6.04 Å². The van der Waals surface area contributed by atoms with Crippen LogP contribution in [0.25, 0.3) is 10.8 Å². The van der Waals surface area contributed by atoms with E-state index in [-0.39, 0.29) is 17.6 Å². The average molecular weight is 396 g/mol. The lowest BCUT2D eigenvalue weighted by molar-refractivity contribution is -0.121. The van der Waals surface area contributed by atoms with E-state index in [0.717, 1.165) is 27.6 Å². The molecule has 1 aromatic heterocycles. The van der Waals surface area contributed by atoms with Gasteiger partial charge in [0, 0.05) is 24.0 Å². The van der Waals surface area contributed by atoms with Crippen LogP contribution in [0.2, 0.25) is 0 Å². The van der Waals surface area contributed by atoms with Crippen molar-refractivity contribution in [3.05, 3.63) is 102 Å². The maximum Gasteiger partial charge on any atom is 0.290 e. The van der Waals surface area contributed by atoms with Crippen molar-refractivity contribution in [2.45, 2.75) is 19.0 Å². The first-order chi connectivity index (χ1) is 14.7. The highest BCUT2D eigenvalue weighted by molar-refractivity contribution is 6.05.